The molecule has 174 valence electrons. The van der Waals surface area contributed by atoms with E-state index in [0.29, 0.717) is 13.2 Å². The van der Waals surface area contributed by atoms with Crippen LogP contribution in [0, 0.1) is 5.82 Å². The number of ether oxygens (including phenoxy) is 1. The summed E-state index contributed by atoms with van der Waals surface area (Å²) in [5.41, 5.74) is 2.22. The Hall–Kier alpha value is -3.41. The standard InChI is InChI=1S/C27H31FN2O3/c1-3-5-15-30-19-22(21-9-13-24(14-10-21)33-16-6-4-2)17-25(27(30)32)26(31)29-18-20-7-11-23(28)12-8-20/h7-14,17,19H,3-6,15-16,18H2,1-2H3,(H,29,31). The molecule has 1 amide bonds. The summed E-state index contributed by atoms with van der Waals surface area (Å²) >= 11 is 0. The second-order valence-corrected chi connectivity index (χ2v) is 8.03. The SMILES string of the molecule is CCCCOc1ccc(-c2cc(C(=O)NCc3ccc(F)cc3)c(=O)n(CCCC)c2)cc1. The molecule has 0 atom stereocenters. The van der Waals surface area contributed by atoms with Gasteiger partial charge in [-0.25, -0.2) is 4.39 Å². The number of aromatic nitrogens is 1. The van der Waals surface area contributed by atoms with Crippen LogP contribution in [0.5, 0.6) is 5.75 Å². The predicted molar refractivity (Wildman–Crippen MR) is 129 cm³/mol. The number of amides is 1. The van der Waals surface area contributed by atoms with Gasteiger partial charge in [0.25, 0.3) is 11.5 Å². The number of nitrogens with one attached hydrogen (secondary N) is 1. The Morgan fingerprint density at radius 1 is 0.970 bits per heavy atom. The lowest BCUT2D eigenvalue weighted by Gasteiger charge is -2.13. The molecule has 0 aliphatic rings. The Kier molecular flexibility index (Phi) is 8.81. The van der Waals surface area contributed by atoms with E-state index >= 15 is 0 Å². The average molecular weight is 451 g/mol. The predicted octanol–water partition coefficient (Wildman–Crippen LogP) is 5.56. The van der Waals surface area contributed by atoms with Gasteiger partial charge in [-0.2, -0.15) is 0 Å². The number of benzene rings is 2. The molecule has 1 aromatic heterocycles. The molecule has 0 saturated heterocycles. The van der Waals surface area contributed by atoms with Crippen molar-refractivity contribution in [2.75, 3.05) is 6.61 Å². The number of pyridine rings is 1. The van der Waals surface area contributed by atoms with E-state index < -0.39 is 5.91 Å². The molecule has 5 nitrogen and oxygen atoms in total. The number of nitrogens with zero attached hydrogens (tertiary/aromatic N) is 1. The normalized spacial score (nSPS) is 10.8. The molecule has 0 unspecified atom stereocenters. The first-order valence-electron chi connectivity index (χ1n) is 11.5. The van der Waals surface area contributed by atoms with Gasteiger partial charge in [0.05, 0.1) is 6.61 Å². The van der Waals surface area contributed by atoms with Crippen molar-refractivity contribution in [2.24, 2.45) is 0 Å². The molecule has 2 aromatic carbocycles. The van der Waals surface area contributed by atoms with Crippen molar-refractivity contribution >= 4 is 5.91 Å². The molecule has 1 N–H and O–H groups in total. The quantitative estimate of drug-likeness (QED) is 0.389. The van der Waals surface area contributed by atoms with Crippen molar-refractivity contribution in [1.82, 2.24) is 9.88 Å². The van der Waals surface area contributed by atoms with Crippen LogP contribution >= 0.6 is 0 Å². The summed E-state index contributed by atoms with van der Waals surface area (Å²) in [4.78, 5) is 25.9. The van der Waals surface area contributed by atoms with E-state index in [4.69, 9.17) is 4.74 Å². The number of carbonyl (C=O) groups is 1. The number of hydrogen-bond acceptors (Lipinski definition) is 3. The highest BCUT2D eigenvalue weighted by Crippen LogP contribution is 2.23. The molecular formula is C27H31FN2O3. The third-order valence-corrected chi connectivity index (χ3v) is 5.40. The van der Waals surface area contributed by atoms with Gasteiger partial charge in [-0.15, -0.1) is 0 Å². The van der Waals surface area contributed by atoms with Crippen LogP contribution in [0.3, 0.4) is 0 Å². The molecule has 0 radical (unpaired) electrons. The van der Waals surface area contributed by atoms with Crippen LogP contribution in [-0.2, 0) is 13.1 Å². The van der Waals surface area contributed by atoms with E-state index in [2.05, 4.69) is 19.2 Å². The van der Waals surface area contributed by atoms with Gasteiger partial charge in [0.2, 0.25) is 0 Å². The second-order valence-electron chi connectivity index (χ2n) is 8.03. The summed E-state index contributed by atoms with van der Waals surface area (Å²) in [6.45, 7) is 5.60. The zero-order valence-electron chi connectivity index (χ0n) is 19.3. The van der Waals surface area contributed by atoms with Crippen LogP contribution in [0.25, 0.3) is 11.1 Å². The van der Waals surface area contributed by atoms with E-state index in [-0.39, 0.29) is 23.5 Å². The van der Waals surface area contributed by atoms with Crippen molar-refractivity contribution < 1.29 is 13.9 Å². The van der Waals surface area contributed by atoms with Gasteiger partial charge in [-0.1, -0.05) is 51.0 Å². The van der Waals surface area contributed by atoms with Crippen LogP contribution in [0.15, 0.2) is 65.6 Å². The van der Waals surface area contributed by atoms with Crippen LogP contribution in [-0.4, -0.2) is 17.1 Å². The fourth-order valence-electron chi connectivity index (χ4n) is 3.41. The summed E-state index contributed by atoms with van der Waals surface area (Å²) in [6, 6.07) is 15.2. The first-order valence-corrected chi connectivity index (χ1v) is 11.5. The molecule has 3 aromatic rings. The number of rotatable bonds is 11. The third-order valence-electron chi connectivity index (χ3n) is 5.40. The molecular weight excluding hydrogens is 419 g/mol. The first kappa shape index (κ1) is 24.2. The average Bonchev–Trinajstić information content (AvgIpc) is 2.83. The smallest absolute Gasteiger partial charge is 0.263 e. The molecule has 33 heavy (non-hydrogen) atoms. The Labute approximate surface area is 194 Å². The maximum absolute atomic E-state index is 13.1. The minimum atomic E-state index is -0.448. The molecule has 0 fully saturated rings. The highest BCUT2D eigenvalue weighted by molar-refractivity contribution is 5.95. The number of aryl methyl sites for hydroxylation is 1. The monoisotopic (exact) mass is 450 g/mol. The summed E-state index contributed by atoms with van der Waals surface area (Å²) < 4.78 is 20.5. The zero-order chi connectivity index (χ0) is 23.6. The highest BCUT2D eigenvalue weighted by Gasteiger charge is 2.15. The van der Waals surface area contributed by atoms with E-state index in [1.54, 1.807) is 22.8 Å². The fraction of sp³-hybridized carbons (Fsp3) is 0.333. The molecule has 6 heteroatoms. The molecule has 0 spiro atoms. The van der Waals surface area contributed by atoms with Gasteiger partial charge in [-0.05, 0) is 59.9 Å². The highest BCUT2D eigenvalue weighted by atomic mass is 19.1. The van der Waals surface area contributed by atoms with Gasteiger partial charge in [0, 0.05) is 19.3 Å². The Morgan fingerprint density at radius 3 is 2.33 bits per heavy atom. The molecule has 3 rings (SSSR count). The first-order chi connectivity index (χ1) is 16.0. The molecule has 0 bridgehead atoms. The Bertz CT molecular complexity index is 1110. The van der Waals surface area contributed by atoms with Gasteiger partial charge in [0.1, 0.15) is 17.1 Å². The molecule has 1 heterocycles. The lowest BCUT2D eigenvalue weighted by atomic mass is 10.0. The number of unbranched alkanes of at least 4 members (excludes halogenated alkanes) is 2. The van der Waals surface area contributed by atoms with E-state index in [9.17, 15) is 14.0 Å². The maximum atomic E-state index is 13.1. The largest absolute Gasteiger partial charge is 0.494 e. The van der Waals surface area contributed by atoms with Crippen molar-refractivity contribution in [1.29, 1.82) is 0 Å². The van der Waals surface area contributed by atoms with E-state index in [0.717, 1.165) is 48.1 Å². The number of halogens is 1. The number of carbonyl (C=O) groups excluding carboxylic acids is 1. The minimum Gasteiger partial charge on any atom is -0.494 e. The second kappa shape index (κ2) is 12.0. The van der Waals surface area contributed by atoms with Crippen molar-refractivity contribution in [3.05, 3.63) is 88.1 Å². The van der Waals surface area contributed by atoms with Crippen molar-refractivity contribution in [3.8, 4) is 16.9 Å². The Balaban J connectivity index is 1.85. The van der Waals surface area contributed by atoms with Crippen molar-refractivity contribution in [3.63, 3.8) is 0 Å². The topological polar surface area (TPSA) is 60.3 Å². The van der Waals surface area contributed by atoms with Crippen LogP contribution in [0.2, 0.25) is 0 Å². The van der Waals surface area contributed by atoms with Gasteiger partial charge < -0.3 is 14.6 Å². The lowest BCUT2D eigenvalue weighted by molar-refractivity contribution is 0.0948. The summed E-state index contributed by atoms with van der Waals surface area (Å²) in [7, 11) is 0. The summed E-state index contributed by atoms with van der Waals surface area (Å²) in [5, 5.41) is 2.78. The van der Waals surface area contributed by atoms with Gasteiger partial charge in [-0.3, -0.25) is 9.59 Å². The summed E-state index contributed by atoms with van der Waals surface area (Å²) in [6.07, 6.45) is 5.66. The Morgan fingerprint density at radius 2 is 1.67 bits per heavy atom. The van der Waals surface area contributed by atoms with Crippen molar-refractivity contribution in [2.45, 2.75) is 52.6 Å². The molecule has 0 aliphatic heterocycles. The van der Waals surface area contributed by atoms with Crippen LogP contribution in [0.1, 0.15) is 55.5 Å². The minimum absolute atomic E-state index is 0.0917. The van der Waals surface area contributed by atoms with E-state index in [1.165, 1.54) is 12.1 Å². The van der Waals surface area contributed by atoms with Crippen LogP contribution in [0.4, 0.5) is 4.39 Å². The molecule has 0 saturated carbocycles. The van der Waals surface area contributed by atoms with Gasteiger partial charge in [0.15, 0.2) is 0 Å². The van der Waals surface area contributed by atoms with Gasteiger partial charge >= 0.3 is 0 Å². The fourth-order valence-corrected chi connectivity index (χ4v) is 3.41. The molecule has 0 aliphatic carbocycles. The number of hydrogen-bond donors (Lipinski definition) is 1. The van der Waals surface area contributed by atoms with E-state index in [1.807, 2.05) is 30.5 Å². The maximum Gasteiger partial charge on any atom is 0.263 e. The zero-order valence-corrected chi connectivity index (χ0v) is 19.3. The van der Waals surface area contributed by atoms with Crippen LogP contribution < -0.4 is 15.6 Å². The summed E-state index contributed by atoms with van der Waals surface area (Å²) in [5.74, 6) is 0.0121. The lowest BCUT2D eigenvalue weighted by Crippen LogP contribution is -2.33. The third kappa shape index (κ3) is 6.78.